The number of thiazole rings is 1. The summed E-state index contributed by atoms with van der Waals surface area (Å²) in [6.45, 7) is 6.35. The maximum atomic E-state index is 5.27. The van der Waals surface area contributed by atoms with Crippen molar-refractivity contribution in [3.8, 4) is 5.75 Å². The van der Waals surface area contributed by atoms with Gasteiger partial charge in [0.2, 0.25) is 5.52 Å². The van der Waals surface area contributed by atoms with E-state index < -0.39 is 0 Å². The fourth-order valence-electron chi connectivity index (χ4n) is 4.94. The van der Waals surface area contributed by atoms with Gasteiger partial charge in [0.05, 0.1) is 23.9 Å². The lowest BCUT2D eigenvalue weighted by Crippen LogP contribution is -2.33. The Morgan fingerprint density at radius 2 is 1.68 bits per heavy atom. The molecule has 6 rings (SSSR count). The van der Waals surface area contributed by atoms with E-state index in [2.05, 4.69) is 108 Å². The number of benzene rings is 4. The summed E-state index contributed by atoms with van der Waals surface area (Å²) in [6.07, 6.45) is 6.72. The summed E-state index contributed by atoms with van der Waals surface area (Å²) in [5, 5.41) is 5.21. The Morgan fingerprint density at radius 1 is 0.892 bits per heavy atom. The van der Waals surface area contributed by atoms with Crippen molar-refractivity contribution in [3.05, 3.63) is 100 Å². The summed E-state index contributed by atoms with van der Waals surface area (Å²) >= 11 is 3.76. The van der Waals surface area contributed by atoms with E-state index >= 15 is 0 Å². The first kappa shape index (κ1) is 23.8. The minimum atomic E-state index is 0.876. The minimum absolute atomic E-state index is 0.876. The Labute approximate surface area is 226 Å². The van der Waals surface area contributed by atoms with Crippen LogP contribution in [0.25, 0.3) is 39.2 Å². The Bertz CT molecular complexity index is 1660. The number of ether oxygens (including phenoxy) is 1. The molecule has 0 radical (unpaired) electrons. The number of fused-ring (bicyclic) bond motifs is 4. The summed E-state index contributed by atoms with van der Waals surface area (Å²) in [4.78, 5) is 3.81. The van der Waals surface area contributed by atoms with E-state index in [0.717, 1.165) is 24.4 Å². The van der Waals surface area contributed by atoms with Crippen LogP contribution in [0, 0.1) is 0 Å². The normalized spacial score (nSPS) is 14.4. The molecule has 5 aromatic rings. The second-order valence-corrected chi connectivity index (χ2v) is 11.1. The highest BCUT2D eigenvalue weighted by molar-refractivity contribution is 8.04. The van der Waals surface area contributed by atoms with Gasteiger partial charge in [-0.3, -0.25) is 0 Å². The van der Waals surface area contributed by atoms with E-state index in [-0.39, 0.29) is 0 Å². The number of hydrogen-bond acceptors (Lipinski definition) is 4. The predicted octanol–water partition coefficient (Wildman–Crippen LogP) is 8.47. The zero-order valence-corrected chi connectivity index (χ0v) is 22.9. The Balaban J connectivity index is 1.35. The summed E-state index contributed by atoms with van der Waals surface area (Å²) in [6, 6.07) is 28.1. The van der Waals surface area contributed by atoms with Crippen LogP contribution in [0.4, 0.5) is 5.69 Å². The highest BCUT2D eigenvalue weighted by Gasteiger charge is 2.28. The molecule has 0 aliphatic carbocycles. The van der Waals surface area contributed by atoms with E-state index in [9.17, 15) is 0 Å². The lowest BCUT2D eigenvalue weighted by atomic mass is 10.1. The van der Waals surface area contributed by atoms with Gasteiger partial charge in [-0.1, -0.05) is 77.7 Å². The number of anilines is 1. The Hall–Kier alpha value is -3.54. The second kappa shape index (κ2) is 10.1. The standard InChI is InChI=1S/C32H29N2OS2/c1-4-33-27-18-14-23(11-10-22-12-16-25(35-3)17-13-22)20-29(27)36-30(33)21-31-34(5-2)28-19-15-24-8-6-7-9-26(24)32(28)37-31/h6-21H,4-5H2,1-3H3/q+1. The van der Waals surface area contributed by atoms with Crippen LogP contribution in [-0.4, -0.2) is 13.7 Å². The molecule has 2 heterocycles. The van der Waals surface area contributed by atoms with Crippen LogP contribution in [0.5, 0.6) is 5.75 Å². The molecule has 1 aromatic heterocycles. The van der Waals surface area contributed by atoms with Crippen molar-refractivity contribution >= 4 is 68.0 Å². The number of hydrogen-bond donors (Lipinski definition) is 0. The summed E-state index contributed by atoms with van der Waals surface area (Å²) < 4.78 is 9.00. The third-order valence-electron chi connectivity index (χ3n) is 6.84. The van der Waals surface area contributed by atoms with Gasteiger partial charge in [-0.05, 0) is 66.1 Å². The molecule has 1 aliphatic rings. The quantitative estimate of drug-likeness (QED) is 0.165. The number of methoxy groups -OCH3 is 1. The topological polar surface area (TPSA) is 16.4 Å². The van der Waals surface area contributed by atoms with Crippen LogP contribution < -0.4 is 14.2 Å². The molecule has 0 bridgehead atoms. The Kier molecular flexibility index (Phi) is 6.49. The number of rotatable bonds is 6. The highest BCUT2D eigenvalue weighted by Crippen LogP contribution is 2.50. The van der Waals surface area contributed by atoms with Gasteiger partial charge in [0.1, 0.15) is 17.0 Å². The molecule has 37 heavy (non-hydrogen) atoms. The van der Waals surface area contributed by atoms with Crippen molar-refractivity contribution < 1.29 is 9.30 Å². The fraction of sp³-hybridized carbons (Fsp3) is 0.156. The molecule has 0 N–H and O–H groups in total. The largest absolute Gasteiger partial charge is 0.497 e. The van der Waals surface area contributed by atoms with Crippen LogP contribution in [0.1, 0.15) is 30.0 Å². The predicted molar refractivity (Wildman–Crippen MR) is 160 cm³/mol. The van der Waals surface area contributed by atoms with Crippen molar-refractivity contribution in [2.75, 3.05) is 18.6 Å². The first-order valence-electron chi connectivity index (χ1n) is 12.7. The van der Waals surface area contributed by atoms with Crippen LogP contribution in [0.2, 0.25) is 0 Å². The third kappa shape index (κ3) is 4.43. The zero-order valence-electron chi connectivity index (χ0n) is 21.3. The van der Waals surface area contributed by atoms with E-state index in [4.69, 9.17) is 4.74 Å². The van der Waals surface area contributed by atoms with Crippen molar-refractivity contribution in [3.63, 3.8) is 0 Å². The van der Waals surface area contributed by atoms with Gasteiger partial charge >= 0.3 is 0 Å². The molecule has 0 spiro atoms. The third-order valence-corrected chi connectivity index (χ3v) is 9.12. The zero-order chi connectivity index (χ0) is 25.4. The van der Waals surface area contributed by atoms with E-state index in [1.54, 1.807) is 7.11 Å². The molecule has 0 amide bonds. The van der Waals surface area contributed by atoms with Gasteiger partial charge in [-0.15, -0.1) is 0 Å². The molecule has 1 aliphatic heterocycles. The van der Waals surface area contributed by atoms with Gasteiger partial charge in [-0.2, -0.15) is 4.57 Å². The highest BCUT2D eigenvalue weighted by atomic mass is 32.2. The molecule has 0 atom stereocenters. The molecule has 0 saturated heterocycles. The molecular weight excluding hydrogens is 492 g/mol. The molecule has 3 nitrogen and oxygen atoms in total. The van der Waals surface area contributed by atoms with Gasteiger partial charge in [0.15, 0.2) is 0 Å². The van der Waals surface area contributed by atoms with Gasteiger partial charge in [-0.25, -0.2) is 0 Å². The first-order chi connectivity index (χ1) is 18.2. The van der Waals surface area contributed by atoms with Crippen molar-refractivity contribution in [1.29, 1.82) is 0 Å². The maximum absolute atomic E-state index is 5.27. The van der Waals surface area contributed by atoms with Crippen LogP contribution >= 0.6 is 23.1 Å². The first-order valence-corrected chi connectivity index (χ1v) is 14.3. The summed E-state index contributed by atoms with van der Waals surface area (Å²) in [5.74, 6) is 0.876. The van der Waals surface area contributed by atoms with E-state index in [1.165, 1.54) is 47.2 Å². The van der Waals surface area contributed by atoms with Crippen molar-refractivity contribution in [2.45, 2.75) is 25.3 Å². The monoisotopic (exact) mass is 521 g/mol. The van der Waals surface area contributed by atoms with Gasteiger partial charge in [0, 0.05) is 17.5 Å². The van der Waals surface area contributed by atoms with Crippen molar-refractivity contribution in [1.82, 2.24) is 0 Å². The molecule has 184 valence electrons. The molecule has 0 unspecified atom stereocenters. The molecule has 0 fully saturated rings. The van der Waals surface area contributed by atoms with Crippen LogP contribution in [0.3, 0.4) is 0 Å². The summed E-state index contributed by atoms with van der Waals surface area (Å²) in [5.41, 5.74) is 4.96. The average Bonchev–Trinajstić information content (AvgIpc) is 3.48. The van der Waals surface area contributed by atoms with Crippen LogP contribution in [0.15, 0.2) is 88.8 Å². The van der Waals surface area contributed by atoms with Gasteiger partial charge in [0.25, 0.3) is 5.01 Å². The average molecular weight is 522 g/mol. The van der Waals surface area contributed by atoms with Crippen molar-refractivity contribution in [2.24, 2.45) is 0 Å². The van der Waals surface area contributed by atoms with E-state index in [0.29, 0.717) is 0 Å². The lowest BCUT2D eigenvalue weighted by molar-refractivity contribution is -0.665. The lowest BCUT2D eigenvalue weighted by Gasteiger charge is -2.17. The van der Waals surface area contributed by atoms with E-state index in [1.807, 2.05) is 35.2 Å². The number of aryl methyl sites for hydroxylation is 1. The number of thioether (sulfide) groups is 1. The Morgan fingerprint density at radius 3 is 2.46 bits per heavy atom. The molecular formula is C32H29N2OS2+. The number of aromatic nitrogens is 1. The molecule has 0 saturated carbocycles. The summed E-state index contributed by atoms with van der Waals surface area (Å²) in [7, 11) is 1.69. The number of nitrogens with zero attached hydrogens (tertiary/aromatic N) is 2. The minimum Gasteiger partial charge on any atom is -0.497 e. The van der Waals surface area contributed by atoms with Crippen LogP contribution in [-0.2, 0) is 6.54 Å². The molecule has 4 aromatic carbocycles. The second-order valence-electron chi connectivity index (χ2n) is 8.98. The maximum Gasteiger partial charge on any atom is 0.265 e. The fourth-order valence-corrected chi connectivity index (χ4v) is 7.52. The van der Waals surface area contributed by atoms with Gasteiger partial charge < -0.3 is 9.64 Å². The SMILES string of the molecule is CCN1C(=Cc2sc3cc(C=Cc4ccc(OC)cc4)ccc3[n+]2CC)Sc2c1ccc1ccccc21. The molecule has 5 heteroatoms. The smallest absolute Gasteiger partial charge is 0.265 e.